The van der Waals surface area contributed by atoms with E-state index in [1.54, 1.807) is 24.3 Å². The van der Waals surface area contributed by atoms with Crippen molar-refractivity contribution in [3.63, 3.8) is 0 Å². The van der Waals surface area contributed by atoms with Gasteiger partial charge in [-0.25, -0.2) is 4.39 Å². The zero-order valence-corrected chi connectivity index (χ0v) is 17.6. The summed E-state index contributed by atoms with van der Waals surface area (Å²) in [6.45, 7) is 1.90. The number of aliphatic hydroxyl groups is 1. The Morgan fingerprint density at radius 1 is 1.25 bits per heavy atom. The summed E-state index contributed by atoms with van der Waals surface area (Å²) in [7, 11) is 0. The van der Waals surface area contributed by atoms with Crippen molar-refractivity contribution in [2.24, 2.45) is 0 Å². The maximum Gasteiger partial charge on any atom is 0.315 e. The Morgan fingerprint density at radius 3 is 2.62 bits per heavy atom. The summed E-state index contributed by atoms with van der Waals surface area (Å²) in [6, 6.07) is 11.1. The van der Waals surface area contributed by atoms with Gasteiger partial charge in [0.2, 0.25) is 0 Å². The van der Waals surface area contributed by atoms with Gasteiger partial charge in [0.25, 0.3) is 0 Å². The number of aromatic amines is 1. The standard InChI is InChI=1S/C22H25FN6O3/c1-13(14-4-6-16(23)7-5-14)25-17-10-19(24-8-9-30)22(29(31)32)20(11-17)26-21-12-18(27-28-21)15-2-3-15/h4-7,10-13,15,24-25,30H,2-3,8-9H2,1H3,(H2,26,27,28)/t13-/m0/s1. The number of nitrogens with one attached hydrogen (secondary N) is 4. The molecule has 32 heavy (non-hydrogen) atoms. The summed E-state index contributed by atoms with van der Waals surface area (Å²) < 4.78 is 13.3. The first kappa shape index (κ1) is 21.6. The lowest BCUT2D eigenvalue weighted by Gasteiger charge is -2.18. The highest BCUT2D eigenvalue weighted by Crippen LogP contribution is 2.41. The quantitative estimate of drug-likeness (QED) is 0.229. The molecule has 2 aromatic carbocycles. The minimum Gasteiger partial charge on any atom is -0.395 e. The van der Waals surface area contributed by atoms with E-state index in [4.69, 9.17) is 0 Å². The van der Waals surface area contributed by atoms with E-state index in [9.17, 15) is 19.6 Å². The van der Waals surface area contributed by atoms with E-state index >= 15 is 0 Å². The molecule has 10 heteroatoms. The van der Waals surface area contributed by atoms with Crippen molar-refractivity contribution in [2.45, 2.75) is 31.7 Å². The maximum atomic E-state index is 13.3. The molecule has 3 aromatic rings. The monoisotopic (exact) mass is 440 g/mol. The fourth-order valence-electron chi connectivity index (χ4n) is 3.56. The lowest BCUT2D eigenvalue weighted by atomic mass is 10.1. The number of hydrogen-bond donors (Lipinski definition) is 5. The minimum absolute atomic E-state index is 0.144. The van der Waals surface area contributed by atoms with Crippen LogP contribution in [0, 0.1) is 15.9 Å². The molecule has 0 aliphatic heterocycles. The molecule has 0 unspecified atom stereocenters. The highest BCUT2D eigenvalue weighted by Gasteiger charge is 2.27. The summed E-state index contributed by atoms with van der Waals surface area (Å²) in [5, 5.41) is 37.6. The number of H-pyrrole nitrogens is 1. The van der Waals surface area contributed by atoms with Crippen LogP contribution < -0.4 is 16.0 Å². The van der Waals surface area contributed by atoms with Gasteiger partial charge in [-0.1, -0.05) is 12.1 Å². The largest absolute Gasteiger partial charge is 0.395 e. The third-order valence-corrected chi connectivity index (χ3v) is 5.35. The number of hydrogen-bond acceptors (Lipinski definition) is 7. The van der Waals surface area contributed by atoms with Gasteiger partial charge in [0, 0.05) is 36.0 Å². The van der Waals surface area contributed by atoms with Crippen LogP contribution >= 0.6 is 0 Å². The molecular formula is C22H25FN6O3. The van der Waals surface area contributed by atoms with Crippen LogP contribution in [0.3, 0.4) is 0 Å². The number of halogens is 1. The number of anilines is 4. The van der Waals surface area contributed by atoms with Crippen LogP contribution in [0.5, 0.6) is 0 Å². The lowest BCUT2D eigenvalue weighted by Crippen LogP contribution is -2.11. The van der Waals surface area contributed by atoms with Crippen LogP contribution in [0.2, 0.25) is 0 Å². The first-order valence-corrected chi connectivity index (χ1v) is 10.5. The van der Waals surface area contributed by atoms with Gasteiger partial charge < -0.3 is 21.1 Å². The molecular weight excluding hydrogens is 415 g/mol. The van der Waals surface area contributed by atoms with Gasteiger partial charge in [0.05, 0.1) is 11.5 Å². The molecule has 168 valence electrons. The molecule has 1 aliphatic rings. The Morgan fingerprint density at radius 2 is 1.97 bits per heavy atom. The minimum atomic E-state index is -0.469. The van der Waals surface area contributed by atoms with Crippen molar-refractivity contribution in [2.75, 3.05) is 29.1 Å². The van der Waals surface area contributed by atoms with Crippen LogP contribution in [0.15, 0.2) is 42.5 Å². The van der Waals surface area contributed by atoms with Crippen LogP contribution in [-0.4, -0.2) is 33.4 Å². The topological polar surface area (TPSA) is 128 Å². The number of benzene rings is 2. The maximum absolute atomic E-state index is 13.3. The van der Waals surface area contributed by atoms with Gasteiger partial charge in [-0.05, 0) is 49.6 Å². The van der Waals surface area contributed by atoms with Gasteiger partial charge in [-0.2, -0.15) is 5.10 Å². The van der Waals surface area contributed by atoms with Crippen molar-refractivity contribution in [1.29, 1.82) is 0 Å². The predicted molar refractivity (Wildman–Crippen MR) is 121 cm³/mol. The zero-order valence-electron chi connectivity index (χ0n) is 17.6. The van der Waals surface area contributed by atoms with Gasteiger partial charge in [-0.15, -0.1) is 0 Å². The van der Waals surface area contributed by atoms with Gasteiger partial charge in [0.1, 0.15) is 17.2 Å². The van der Waals surface area contributed by atoms with Gasteiger partial charge in [0.15, 0.2) is 5.82 Å². The molecule has 1 heterocycles. The molecule has 0 radical (unpaired) electrons. The van der Waals surface area contributed by atoms with Crippen molar-refractivity contribution < 1.29 is 14.4 Å². The number of nitro benzene ring substituents is 1. The second kappa shape index (κ2) is 9.23. The van der Waals surface area contributed by atoms with Crippen LogP contribution in [0.4, 0.5) is 33.0 Å². The normalized spacial score (nSPS) is 14.1. The molecule has 1 saturated carbocycles. The first-order valence-electron chi connectivity index (χ1n) is 10.5. The van der Waals surface area contributed by atoms with Gasteiger partial charge >= 0.3 is 5.69 Å². The van der Waals surface area contributed by atoms with E-state index in [1.165, 1.54) is 12.1 Å². The third-order valence-electron chi connectivity index (χ3n) is 5.35. The Kier molecular flexibility index (Phi) is 6.22. The molecule has 0 spiro atoms. The van der Waals surface area contributed by atoms with E-state index in [2.05, 4.69) is 26.1 Å². The molecule has 5 N–H and O–H groups in total. The van der Waals surface area contributed by atoms with Crippen molar-refractivity contribution in [3.8, 4) is 0 Å². The second-order valence-corrected chi connectivity index (χ2v) is 7.85. The Balaban J connectivity index is 1.66. The summed E-state index contributed by atoms with van der Waals surface area (Å²) in [4.78, 5) is 11.4. The van der Waals surface area contributed by atoms with E-state index in [0.717, 1.165) is 24.1 Å². The molecule has 0 saturated heterocycles. The number of nitrogens with zero attached hydrogens (tertiary/aromatic N) is 2. The van der Waals surface area contributed by atoms with E-state index in [0.29, 0.717) is 17.4 Å². The fraction of sp³-hybridized carbons (Fsp3) is 0.318. The average molecular weight is 440 g/mol. The van der Waals surface area contributed by atoms with Crippen molar-refractivity contribution >= 4 is 28.6 Å². The first-order chi connectivity index (χ1) is 15.4. The van der Waals surface area contributed by atoms with Crippen LogP contribution in [0.25, 0.3) is 0 Å². The highest BCUT2D eigenvalue weighted by atomic mass is 19.1. The molecule has 1 atom stereocenters. The average Bonchev–Trinajstić information content (AvgIpc) is 3.51. The lowest BCUT2D eigenvalue weighted by molar-refractivity contribution is -0.383. The number of aromatic nitrogens is 2. The van der Waals surface area contributed by atoms with Crippen LogP contribution in [0.1, 0.15) is 43.0 Å². The van der Waals surface area contributed by atoms with Crippen molar-refractivity contribution in [3.05, 3.63) is 69.7 Å². The number of aliphatic hydroxyl groups excluding tert-OH is 1. The molecule has 1 aliphatic carbocycles. The fourth-order valence-corrected chi connectivity index (χ4v) is 3.56. The predicted octanol–water partition coefficient (Wildman–Crippen LogP) is 4.66. The zero-order chi connectivity index (χ0) is 22.7. The number of nitro groups is 1. The van der Waals surface area contributed by atoms with Gasteiger partial charge in [-0.3, -0.25) is 15.2 Å². The van der Waals surface area contributed by atoms with E-state index in [1.807, 2.05) is 13.0 Å². The van der Waals surface area contributed by atoms with Crippen LogP contribution in [-0.2, 0) is 0 Å². The summed E-state index contributed by atoms with van der Waals surface area (Å²) in [6.07, 6.45) is 2.22. The molecule has 1 fully saturated rings. The van der Waals surface area contributed by atoms with E-state index < -0.39 is 4.92 Å². The molecule has 0 amide bonds. The molecule has 4 rings (SSSR count). The number of rotatable bonds is 10. The molecule has 9 nitrogen and oxygen atoms in total. The molecule has 0 bridgehead atoms. The summed E-state index contributed by atoms with van der Waals surface area (Å²) in [5.74, 6) is 0.647. The van der Waals surface area contributed by atoms with E-state index in [-0.39, 0.29) is 42.1 Å². The summed E-state index contributed by atoms with van der Waals surface area (Å²) >= 11 is 0. The highest BCUT2D eigenvalue weighted by molar-refractivity contribution is 5.84. The molecule has 1 aromatic heterocycles. The third kappa shape index (κ3) is 4.97. The second-order valence-electron chi connectivity index (χ2n) is 7.85. The Bertz CT molecular complexity index is 1100. The SMILES string of the molecule is C[C@H](Nc1cc(NCCO)c([N+](=O)[O-])c(Nc2cc(C3CC3)[nH]n2)c1)c1ccc(F)cc1. The smallest absolute Gasteiger partial charge is 0.315 e. The summed E-state index contributed by atoms with van der Waals surface area (Å²) in [5.41, 5.74) is 2.88. The van der Waals surface area contributed by atoms with Crippen molar-refractivity contribution in [1.82, 2.24) is 10.2 Å². The Hall–Kier alpha value is -3.66. The Labute approximate surface area is 184 Å².